The van der Waals surface area contributed by atoms with Crippen LogP contribution in [0.25, 0.3) is 0 Å². The SMILES string of the molecule is COc1ccc(NC(=O)N(Cc2ccc(C)o2)C2CCN(Cc3ccccc3)CC2)c(OC)c1. The number of methoxy groups -OCH3 is 2. The molecular weight excluding hydrogens is 430 g/mol. The van der Waals surface area contributed by atoms with Gasteiger partial charge in [-0.2, -0.15) is 0 Å². The molecule has 34 heavy (non-hydrogen) atoms. The van der Waals surface area contributed by atoms with Crippen molar-refractivity contribution in [2.45, 2.75) is 38.9 Å². The number of nitrogens with one attached hydrogen (secondary N) is 1. The number of anilines is 1. The minimum Gasteiger partial charge on any atom is -0.497 e. The first-order valence-electron chi connectivity index (χ1n) is 11.7. The van der Waals surface area contributed by atoms with Crippen LogP contribution in [-0.2, 0) is 13.1 Å². The van der Waals surface area contributed by atoms with Crippen molar-refractivity contribution < 1.29 is 18.7 Å². The summed E-state index contributed by atoms with van der Waals surface area (Å²) in [6, 6.07) is 19.7. The molecule has 1 saturated heterocycles. The number of carbonyl (C=O) groups excluding carboxylic acids is 1. The molecule has 4 rings (SSSR count). The first kappa shape index (κ1) is 23.7. The number of amides is 2. The molecule has 0 atom stereocenters. The van der Waals surface area contributed by atoms with Gasteiger partial charge in [-0.25, -0.2) is 4.79 Å². The summed E-state index contributed by atoms with van der Waals surface area (Å²) in [5.41, 5.74) is 1.92. The Hall–Kier alpha value is -3.45. The Morgan fingerprint density at radius 3 is 2.47 bits per heavy atom. The highest BCUT2D eigenvalue weighted by Crippen LogP contribution is 2.30. The number of hydrogen-bond donors (Lipinski definition) is 1. The highest BCUT2D eigenvalue weighted by Gasteiger charge is 2.29. The number of benzene rings is 2. The summed E-state index contributed by atoms with van der Waals surface area (Å²) in [5, 5.41) is 3.04. The zero-order chi connectivity index (χ0) is 23.9. The Kier molecular flexibility index (Phi) is 7.75. The number of hydrogen-bond acceptors (Lipinski definition) is 5. The second kappa shape index (κ2) is 11.1. The highest BCUT2D eigenvalue weighted by molar-refractivity contribution is 5.91. The van der Waals surface area contributed by atoms with Crippen LogP contribution in [0.15, 0.2) is 65.1 Å². The van der Waals surface area contributed by atoms with E-state index >= 15 is 0 Å². The van der Waals surface area contributed by atoms with Crippen LogP contribution < -0.4 is 14.8 Å². The van der Waals surface area contributed by atoms with Gasteiger partial charge in [-0.1, -0.05) is 30.3 Å². The molecule has 180 valence electrons. The lowest BCUT2D eigenvalue weighted by Gasteiger charge is -2.38. The Bertz CT molecular complexity index is 1070. The molecule has 2 aromatic carbocycles. The molecule has 2 amide bonds. The molecule has 0 unspecified atom stereocenters. The first-order valence-corrected chi connectivity index (χ1v) is 11.7. The zero-order valence-electron chi connectivity index (χ0n) is 20.1. The Balaban J connectivity index is 1.46. The lowest BCUT2D eigenvalue weighted by atomic mass is 10.0. The van der Waals surface area contributed by atoms with E-state index in [1.165, 1.54) is 5.56 Å². The van der Waals surface area contributed by atoms with Crippen molar-refractivity contribution in [3.05, 3.63) is 77.7 Å². The fraction of sp³-hybridized carbons (Fsp3) is 0.370. The highest BCUT2D eigenvalue weighted by atomic mass is 16.5. The molecule has 1 N–H and O–H groups in total. The topological polar surface area (TPSA) is 67.2 Å². The summed E-state index contributed by atoms with van der Waals surface area (Å²) in [4.78, 5) is 17.8. The van der Waals surface area contributed by atoms with E-state index in [0.717, 1.165) is 44.0 Å². The van der Waals surface area contributed by atoms with Gasteiger partial charge in [0.05, 0.1) is 26.5 Å². The molecule has 1 aliphatic heterocycles. The molecule has 0 bridgehead atoms. The molecule has 0 saturated carbocycles. The maximum Gasteiger partial charge on any atom is 0.322 e. The molecule has 0 aliphatic carbocycles. The third kappa shape index (κ3) is 5.91. The zero-order valence-corrected chi connectivity index (χ0v) is 20.1. The third-order valence-electron chi connectivity index (χ3n) is 6.28. The molecule has 3 aromatic rings. The van der Waals surface area contributed by atoms with E-state index in [0.29, 0.717) is 23.7 Å². The van der Waals surface area contributed by atoms with E-state index in [-0.39, 0.29) is 12.1 Å². The number of furan rings is 1. The van der Waals surface area contributed by atoms with Gasteiger partial charge in [0.1, 0.15) is 23.0 Å². The fourth-order valence-corrected chi connectivity index (χ4v) is 4.42. The molecule has 2 heterocycles. The van der Waals surface area contributed by atoms with Crippen molar-refractivity contribution in [2.24, 2.45) is 0 Å². The number of aryl methyl sites for hydroxylation is 1. The van der Waals surface area contributed by atoms with Crippen molar-refractivity contribution in [2.75, 3.05) is 32.6 Å². The van der Waals surface area contributed by atoms with Gasteiger partial charge < -0.3 is 24.1 Å². The van der Waals surface area contributed by atoms with Gasteiger partial charge >= 0.3 is 6.03 Å². The lowest BCUT2D eigenvalue weighted by Crippen LogP contribution is -2.48. The van der Waals surface area contributed by atoms with Crippen molar-refractivity contribution in [3.63, 3.8) is 0 Å². The molecule has 0 spiro atoms. The molecule has 0 radical (unpaired) electrons. The lowest BCUT2D eigenvalue weighted by molar-refractivity contribution is 0.115. The van der Waals surface area contributed by atoms with Gasteiger partial charge in [-0.3, -0.25) is 4.90 Å². The van der Waals surface area contributed by atoms with Gasteiger partial charge in [0, 0.05) is 31.7 Å². The minimum atomic E-state index is -0.168. The third-order valence-corrected chi connectivity index (χ3v) is 6.28. The molecule has 1 aliphatic rings. The summed E-state index contributed by atoms with van der Waals surface area (Å²) in [5.74, 6) is 2.84. The second-order valence-electron chi connectivity index (χ2n) is 8.63. The van der Waals surface area contributed by atoms with Crippen molar-refractivity contribution in [3.8, 4) is 11.5 Å². The van der Waals surface area contributed by atoms with Crippen molar-refractivity contribution in [1.29, 1.82) is 0 Å². The van der Waals surface area contributed by atoms with E-state index in [1.807, 2.05) is 30.0 Å². The van der Waals surface area contributed by atoms with Crippen LogP contribution in [0.1, 0.15) is 29.9 Å². The average molecular weight is 464 g/mol. The second-order valence-corrected chi connectivity index (χ2v) is 8.63. The smallest absolute Gasteiger partial charge is 0.322 e. The summed E-state index contributed by atoms with van der Waals surface area (Å²) >= 11 is 0. The van der Waals surface area contributed by atoms with E-state index < -0.39 is 0 Å². The maximum absolute atomic E-state index is 13.5. The van der Waals surface area contributed by atoms with Crippen LogP contribution in [0, 0.1) is 6.92 Å². The van der Waals surface area contributed by atoms with Crippen LogP contribution in [0.4, 0.5) is 10.5 Å². The van der Waals surface area contributed by atoms with Gasteiger partial charge in [-0.15, -0.1) is 0 Å². The van der Waals surface area contributed by atoms with Crippen LogP contribution in [0.3, 0.4) is 0 Å². The van der Waals surface area contributed by atoms with Crippen molar-refractivity contribution in [1.82, 2.24) is 9.80 Å². The molecule has 7 heteroatoms. The predicted molar refractivity (Wildman–Crippen MR) is 132 cm³/mol. The number of likely N-dealkylation sites (tertiary alicyclic amines) is 1. The Morgan fingerprint density at radius 1 is 1.06 bits per heavy atom. The number of urea groups is 1. The summed E-state index contributed by atoms with van der Waals surface area (Å²) in [6.07, 6.45) is 1.80. The minimum absolute atomic E-state index is 0.113. The Morgan fingerprint density at radius 2 is 1.82 bits per heavy atom. The number of ether oxygens (including phenoxy) is 2. The fourth-order valence-electron chi connectivity index (χ4n) is 4.42. The van der Waals surface area contributed by atoms with E-state index in [4.69, 9.17) is 13.9 Å². The van der Waals surface area contributed by atoms with Crippen molar-refractivity contribution >= 4 is 11.7 Å². The maximum atomic E-state index is 13.5. The van der Waals surface area contributed by atoms with Crippen LogP contribution in [-0.4, -0.2) is 49.2 Å². The Labute approximate surface area is 201 Å². The first-order chi connectivity index (χ1) is 16.6. The normalized spacial score (nSPS) is 14.6. The predicted octanol–water partition coefficient (Wildman–Crippen LogP) is 5.30. The molecule has 1 aromatic heterocycles. The van der Waals surface area contributed by atoms with Gasteiger partial charge in [0.25, 0.3) is 0 Å². The van der Waals surface area contributed by atoms with Gasteiger partial charge in [-0.05, 0) is 49.6 Å². The van der Waals surface area contributed by atoms with E-state index in [2.05, 4.69) is 34.5 Å². The van der Waals surface area contributed by atoms with E-state index in [9.17, 15) is 4.79 Å². The quantitative estimate of drug-likeness (QED) is 0.491. The largest absolute Gasteiger partial charge is 0.497 e. The summed E-state index contributed by atoms with van der Waals surface area (Å²) in [6.45, 7) is 5.14. The van der Waals surface area contributed by atoms with Crippen LogP contribution in [0.5, 0.6) is 11.5 Å². The van der Waals surface area contributed by atoms with Gasteiger partial charge in [0.2, 0.25) is 0 Å². The number of piperidine rings is 1. The summed E-state index contributed by atoms with van der Waals surface area (Å²) < 4.78 is 16.5. The van der Waals surface area contributed by atoms with Crippen LogP contribution >= 0.6 is 0 Å². The van der Waals surface area contributed by atoms with Crippen LogP contribution in [0.2, 0.25) is 0 Å². The summed E-state index contributed by atoms with van der Waals surface area (Å²) in [7, 11) is 3.18. The van der Waals surface area contributed by atoms with Gasteiger partial charge in [0.15, 0.2) is 0 Å². The molecule has 1 fully saturated rings. The standard InChI is InChI=1S/C27H33N3O4/c1-20-9-10-24(34-20)19-30(27(31)28-25-12-11-23(32-2)17-26(25)33-3)22-13-15-29(16-14-22)18-21-7-5-4-6-8-21/h4-12,17,22H,13-16,18-19H2,1-3H3,(H,28,31). The molecular formula is C27H33N3O4. The number of nitrogens with zero attached hydrogens (tertiary/aromatic N) is 2. The van der Waals surface area contributed by atoms with E-state index in [1.54, 1.807) is 32.4 Å². The molecule has 7 nitrogen and oxygen atoms in total. The number of carbonyl (C=O) groups is 1. The monoisotopic (exact) mass is 463 g/mol. The number of rotatable bonds is 8. The average Bonchev–Trinajstić information content (AvgIpc) is 3.28.